The molecule has 1 unspecified atom stereocenters. The van der Waals surface area contributed by atoms with Crippen molar-refractivity contribution in [3.63, 3.8) is 0 Å². The zero-order valence-electron chi connectivity index (χ0n) is 9.43. The van der Waals surface area contributed by atoms with Crippen LogP contribution in [0, 0.1) is 5.92 Å². The average molecular weight is 248 g/mol. The Balaban J connectivity index is 1.91. The summed E-state index contributed by atoms with van der Waals surface area (Å²) in [5, 5.41) is 12.6. The topological polar surface area (TPSA) is 69.6 Å². The van der Waals surface area contributed by atoms with E-state index >= 15 is 0 Å². The standard InChI is InChI=1S/C10H20N2O3S/c13-10-3-6-12(7-10)16(14,15)8-9-1-4-11-5-2-9/h9-11,13H,1-8H2. The Hall–Kier alpha value is -0.170. The maximum atomic E-state index is 12.0. The highest BCUT2D eigenvalue weighted by Gasteiger charge is 2.32. The summed E-state index contributed by atoms with van der Waals surface area (Å²) in [7, 11) is -3.15. The summed E-state index contributed by atoms with van der Waals surface area (Å²) < 4.78 is 25.5. The van der Waals surface area contributed by atoms with Gasteiger partial charge in [-0.1, -0.05) is 0 Å². The van der Waals surface area contributed by atoms with Gasteiger partial charge in [0.25, 0.3) is 0 Å². The Labute approximate surface area is 96.9 Å². The molecule has 5 nitrogen and oxygen atoms in total. The van der Waals surface area contributed by atoms with Gasteiger partial charge in [0.2, 0.25) is 10.0 Å². The second-order valence-corrected chi connectivity index (χ2v) is 6.79. The molecule has 0 aromatic rings. The van der Waals surface area contributed by atoms with E-state index in [-0.39, 0.29) is 18.2 Å². The highest BCUT2D eigenvalue weighted by molar-refractivity contribution is 7.89. The molecule has 16 heavy (non-hydrogen) atoms. The van der Waals surface area contributed by atoms with Crippen LogP contribution in [0.4, 0.5) is 0 Å². The number of aliphatic hydroxyl groups excluding tert-OH is 1. The van der Waals surface area contributed by atoms with Crippen LogP contribution in [0.25, 0.3) is 0 Å². The molecule has 0 aromatic carbocycles. The number of piperidine rings is 1. The van der Waals surface area contributed by atoms with Crippen LogP contribution in [0.2, 0.25) is 0 Å². The van der Waals surface area contributed by atoms with E-state index in [4.69, 9.17) is 0 Å². The number of rotatable bonds is 3. The second-order valence-electron chi connectivity index (χ2n) is 4.77. The minimum atomic E-state index is -3.15. The number of nitrogens with one attached hydrogen (secondary N) is 1. The Morgan fingerprint density at radius 1 is 1.25 bits per heavy atom. The molecule has 2 rings (SSSR count). The third kappa shape index (κ3) is 2.94. The van der Waals surface area contributed by atoms with Crippen molar-refractivity contribution in [3.05, 3.63) is 0 Å². The number of hydrogen-bond acceptors (Lipinski definition) is 4. The monoisotopic (exact) mass is 248 g/mol. The van der Waals surface area contributed by atoms with Gasteiger partial charge in [-0.15, -0.1) is 0 Å². The van der Waals surface area contributed by atoms with Crippen molar-refractivity contribution in [3.8, 4) is 0 Å². The molecule has 2 saturated heterocycles. The Bertz CT molecular complexity index is 325. The van der Waals surface area contributed by atoms with E-state index in [1.54, 1.807) is 0 Å². The van der Waals surface area contributed by atoms with Gasteiger partial charge in [0, 0.05) is 13.1 Å². The molecule has 2 aliphatic heterocycles. The summed E-state index contributed by atoms with van der Waals surface area (Å²) in [6, 6.07) is 0. The minimum Gasteiger partial charge on any atom is -0.392 e. The molecule has 0 aromatic heterocycles. The lowest BCUT2D eigenvalue weighted by atomic mass is 10.0. The molecule has 2 N–H and O–H groups in total. The number of β-amino-alcohol motifs (C(OH)–C–C–N with tert-alkyl or cyclic N) is 1. The first-order valence-electron chi connectivity index (χ1n) is 5.94. The van der Waals surface area contributed by atoms with Crippen LogP contribution in [0.15, 0.2) is 0 Å². The van der Waals surface area contributed by atoms with E-state index < -0.39 is 16.1 Å². The lowest BCUT2D eigenvalue weighted by Gasteiger charge is -2.24. The van der Waals surface area contributed by atoms with Gasteiger partial charge in [0.05, 0.1) is 11.9 Å². The number of sulfonamides is 1. The maximum Gasteiger partial charge on any atom is 0.214 e. The van der Waals surface area contributed by atoms with Crippen LogP contribution in [0.5, 0.6) is 0 Å². The van der Waals surface area contributed by atoms with Crippen LogP contribution in [0.3, 0.4) is 0 Å². The molecule has 0 bridgehead atoms. The summed E-state index contributed by atoms with van der Waals surface area (Å²) in [6.45, 7) is 2.60. The molecular formula is C10H20N2O3S. The fourth-order valence-electron chi connectivity index (χ4n) is 2.41. The van der Waals surface area contributed by atoms with Crippen LogP contribution >= 0.6 is 0 Å². The van der Waals surface area contributed by atoms with Crippen LogP contribution in [-0.4, -0.2) is 55.9 Å². The first kappa shape index (κ1) is 12.3. The number of nitrogens with zero attached hydrogens (tertiary/aromatic N) is 1. The first-order chi connectivity index (χ1) is 7.58. The predicted molar refractivity (Wildman–Crippen MR) is 61.6 cm³/mol. The molecule has 1 atom stereocenters. The minimum absolute atomic E-state index is 0.251. The number of hydrogen-bond donors (Lipinski definition) is 2. The summed E-state index contributed by atoms with van der Waals surface area (Å²) in [6.07, 6.45) is 1.99. The van der Waals surface area contributed by atoms with Crippen molar-refractivity contribution in [1.29, 1.82) is 0 Å². The van der Waals surface area contributed by atoms with Crippen LogP contribution < -0.4 is 5.32 Å². The molecule has 2 fully saturated rings. The highest BCUT2D eigenvalue weighted by atomic mass is 32.2. The normalized spacial score (nSPS) is 29.7. The van der Waals surface area contributed by atoms with E-state index in [0.717, 1.165) is 25.9 Å². The van der Waals surface area contributed by atoms with Gasteiger partial charge in [0.15, 0.2) is 0 Å². The molecule has 0 saturated carbocycles. The maximum absolute atomic E-state index is 12.0. The Morgan fingerprint density at radius 3 is 2.50 bits per heavy atom. The third-order valence-corrected chi connectivity index (χ3v) is 5.44. The molecule has 0 radical (unpaired) electrons. The summed E-state index contributed by atoms with van der Waals surface area (Å²) in [5.41, 5.74) is 0. The van der Waals surface area contributed by atoms with Crippen molar-refractivity contribution < 1.29 is 13.5 Å². The van der Waals surface area contributed by atoms with E-state index in [2.05, 4.69) is 5.32 Å². The Kier molecular flexibility index (Phi) is 3.84. The largest absolute Gasteiger partial charge is 0.392 e. The van der Waals surface area contributed by atoms with Gasteiger partial charge in [-0.2, -0.15) is 4.31 Å². The van der Waals surface area contributed by atoms with Crippen LogP contribution in [0.1, 0.15) is 19.3 Å². The van der Waals surface area contributed by atoms with Crippen molar-refractivity contribution in [1.82, 2.24) is 9.62 Å². The zero-order valence-corrected chi connectivity index (χ0v) is 10.2. The average Bonchev–Trinajstić information content (AvgIpc) is 2.66. The van der Waals surface area contributed by atoms with Gasteiger partial charge in [-0.3, -0.25) is 0 Å². The SMILES string of the molecule is O=S(=O)(CC1CCNCC1)N1CCC(O)C1. The van der Waals surface area contributed by atoms with E-state index in [9.17, 15) is 13.5 Å². The molecule has 0 aliphatic carbocycles. The van der Waals surface area contributed by atoms with Gasteiger partial charge in [0.1, 0.15) is 0 Å². The predicted octanol–water partition coefficient (Wildman–Crippen LogP) is -0.618. The summed E-state index contributed by atoms with van der Waals surface area (Å²) in [5.74, 6) is 0.533. The van der Waals surface area contributed by atoms with Gasteiger partial charge < -0.3 is 10.4 Å². The fraction of sp³-hybridized carbons (Fsp3) is 1.00. The van der Waals surface area contributed by atoms with Crippen LogP contribution in [-0.2, 0) is 10.0 Å². The van der Waals surface area contributed by atoms with Gasteiger partial charge in [-0.25, -0.2) is 8.42 Å². The summed E-state index contributed by atoms with van der Waals surface area (Å²) >= 11 is 0. The molecule has 2 aliphatic rings. The fourth-order valence-corrected chi connectivity index (χ4v) is 4.34. The second kappa shape index (κ2) is 5.00. The first-order valence-corrected chi connectivity index (χ1v) is 7.55. The molecule has 6 heteroatoms. The summed E-state index contributed by atoms with van der Waals surface area (Å²) in [4.78, 5) is 0. The van der Waals surface area contributed by atoms with E-state index in [0.29, 0.717) is 13.0 Å². The smallest absolute Gasteiger partial charge is 0.214 e. The quantitative estimate of drug-likeness (QED) is 0.698. The molecule has 0 spiro atoms. The van der Waals surface area contributed by atoms with Gasteiger partial charge in [-0.05, 0) is 38.3 Å². The lowest BCUT2D eigenvalue weighted by Crippen LogP contribution is -2.37. The molecule has 94 valence electrons. The Morgan fingerprint density at radius 2 is 1.94 bits per heavy atom. The molecular weight excluding hydrogens is 228 g/mol. The van der Waals surface area contributed by atoms with E-state index in [1.807, 2.05) is 0 Å². The molecule has 2 heterocycles. The van der Waals surface area contributed by atoms with Crippen molar-refractivity contribution in [2.45, 2.75) is 25.4 Å². The van der Waals surface area contributed by atoms with Crippen molar-refractivity contribution in [2.24, 2.45) is 5.92 Å². The van der Waals surface area contributed by atoms with Crippen molar-refractivity contribution >= 4 is 10.0 Å². The third-order valence-electron chi connectivity index (χ3n) is 3.42. The van der Waals surface area contributed by atoms with Crippen molar-refractivity contribution in [2.75, 3.05) is 31.9 Å². The number of aliphatic hydroxyl groups is 1. The van der Waals surface area contributed by atoms with Gasteiger partial charge >= 0.3 is 0 Å². The molecule has 0 amide bonds. The highest BCUT2D eigenvalue weighted by Crippen LogP contribution is 2.20. The lowest BCUT2D eigenvalue weighted by molar-refractivity contribution is 0.189. The van der Waals surface area contributed by atoms with E-state index in [1.165, 1.54) is 4.31 Å². The zero-order chi connectivity index (χ0) is 11.6.